The van der Waals surface area contributed by atoms with Gasteiger partial charge in [-0.2, -0.15) is 0 Å². The van der Waals surface area contributed by atoms with E-state index >= 15 is 0 Å². The summed E-state index contributed by atoms with van der Waals surface area (Å²) in [6.45, 7) is 1.76. The van der Waals surface area contributed by atoms with Crippen LogP contribution in [0, 0.1) is 0 Å². The molecule has 2 rings (SSSR count). The summed E-state index contributed by atoms with van der Waals surface area (Å²) in [7, 11) is 0. The molecular weight excluding hydrogens is 244 g/mol. The average molecular weight is 257 g/mol. The number of halogens is 1. The molecule has 5 heteroatoms. The maximum Gasteiger partial charge on any atom is 0.332 e. The molecule has 1 N–H and O–H groups in total. The fraction of sp³-hybridized carbons (Fsp3) is 0.417. The lowest BCUT2D eigenvalue weighted by Gasteiger charge is -2.13. The molecule has 1 heterocycles. The number of carboxylic acid groups (broad SMARTS) is 1. The normalized spacial score (nSPS) is 19.5. The molecule has 17 heavy (non-hydrogen) atoms. The average Bonchev–Trinajstić information content (AvgIpc) is 2.67. The molecule has 92 valence electrons. The second-order valence-corrected chi connectivity index (χ2v) is 4.45. The molecule has 0 bridgehead atoms. The van der Waals surface area contributed by atoms with Crippen LogP contribution in [0.2, 0.25) is 5.02 Å². The van der Waals surface area contributed by atoms with Crippen LogP contribution in [0.3, 0.4) is 0 Å². The highest BCUT2D eigenvalue weighted by atomic mass is 35.5. The summed E-state index contributed by atoms with van der Waals surface area (Å²) in [6.07, 6.45) is -0.251. The minimum atomic E-state index is -0.969. The van der Waals surface area contributed by atoms with Crippen molar-refractivity contribution in [1.29, 1.82) is 0 Å². The molecule has 0 aliphatic carbocycles. The summed E-state index contributed by atoms with van der Waals surface area (Å²) in [5.74, 6) is -0.172. The van der Waals surface area contributed by atoms with Gasteiger partial charge in [0.05, 0.1) is 6.61 Å². The predicted molar refractivity (Wildman–Crippen MR) is 62.6 cm³/mol. The first-order valence-corrected chi connectivity index (χ1v) is 5.73. The third-order valence-electron chi connectivity index (χ3n) is 2.64. The zero-order chi connectivity index (χ0) is 12.4. The summed E-state index contributed by atoms with van der Waals surface area (Å²) in [4.78, 5) is 10.6. The number of ether oxygens (including phenoxy) is 2. The Morgan fingerprint density at radius 2 is 2.47 bits per heavy atom. The van der Waals surface area contributed by atoms with Crippen LogP contribution < -0.4 is 4.74 Å². The predicted octanol–water partition coefficient (Wildman–Crippen LogP) is 2.13. The topological polar surface area (TPSA) is 55.8 Å². The highest BCUT2D eigenvalue weighted by Gasteiger charge is 2.24. The molecule has 1 aromatic carbocycles. The van der Waals surface area contributed by atoms with Crippen molar-refractivity contribution in [1.82, 2.24) is 0 Å². The number of carboxylic acids is 1. The van der Waals surface area contributed by atoms with Crippen LogP contribution in [-0.2, 0) is 16.0 Å². The monoisotopic (exact) mass is 256 g/mol. The van der Waals surface area contributed by atoms with E-state index in [1.807, 2.05) is 12.1 Å². The van der Waals surface area contributed by atoms with E-state index in [1.165, 1.54) is 6.92 Å². The van der Waals surface area contributed by atoms with Crippen molar-refractivity contribution in [2.24, 2.45) is 0 Å². The van der Waals surface area contributed by atoms with Crippen molar-refractivity contribution in [3.8, 4) is 5.75 Å². The van der Waals surface area contributed by atoms with Gasteiger partial charge in [-0.25, -0.2) is 4.79 Å². The molecule has 0 aromatic heterocycles. The molecule has 0 radical (unpaired) electrons. The lowest BCUT2D eigenvalue weighted by molar-refractivity contribution is -0.150. The van der Waals surface area contributed by atoms with Gasteiger partial charge < -0.3 is 14.6 Å². The Labute approximate surface area is 104 Å². The van der Waals surface area contributed by atoms with Gasteiger partial charge in [0.25, 0.3) is 0 Å². The molecule has 0 saturated carbocycles. The minimum absolute atomic E-state index is 0.134. The first kappa shape index (κ1) is 12.2. The number of fused-ring (bicyclic) bond motifs is 1. The first-order valence-electron chi connectivity index (χ1n) is 5.36. The smallest absolute Gasteiger partial charge is 0.332 e. The third-order valence-corrected chi connectivity index (χ3v) is 2.88. The largest absolute Gasteiger partial charge is 0.487 e. The second kappa shape index (κ2) is 4.94. The number of rotatable bonds is 4. The van der Waals surface area contributed by atoms with Crippen LogP contribution in [0.25, 0.3) is 0 Å². The molecular formula is C12H13ClO4. The Morgan fingerprint density at radius 3 is 3.18 bits per heavy atom. The van der Waals surface area contributed by atoms with E-state index < -0.39 is 12.1 Å². The van der Waals surface area contributed by atoms with Gasteiger partial charge in [0.15, 0.2) is 6.10 Å². The van der Waals surface area contributed by atoms with Gasteiger partial charge in [-0.3, -0.25) is 0 Å². The van der Waals surface area contributed by atoms with Crippen molar-refractivity contribution in [3.05, 3.63) is 28.8 Å². The van der Waals surface area contributed by atoms with E-state index in [2.05, 4.69) is 0 Å². The lowest BCUT2D eigenvalue weighted by Crippen LogP contribution is -2.27. The SMILES string of the molecule is C[C@@H](OCC1Cc2cc(Cl)ccc2O1)C(=O)O. The van der Waals surface area contributed by atoms with E-state index in [4.69, 9.17) is 26.2 Å². The minimum Gasteiger partial charge on any atom is -0.487 e. The number of hydrogen-bond acceptors (Lipinski definition) is 3. The Morgan fingerprint density at radius 1 is 1.71 bits per heavy atom. The van der Waals surface area contributed by atoms with E-state index in [9.17, 15) is 4.79 Å². The van der Waals surface area contributed by atoms with Gasteiger partial charge in [-0.1, -0.05) is 11.6 Å². The summed E-state index contributed by atoms with van der Waals surface area (Å²) < 4.78 is 10.8. The maximum atomic E-state index is 10.6. The summed E-state index contributed by atoms with van der Waals surface area (Å²) in [5.41, 5.74) is 1.04. The van der Waals surface area contributed by atoms with Gasteiger partial charge in [0.2, 0.25) is 0 Å². The van der Waals surface area contributed by atoms with E-state index in [0.717, 1.165) is 11.3 Å². The van der Waals surface area contributed by atoms with Gasteiger partial charge in [0, 0.05) is 11.4 Å². The Bertz CT molecular complexity index is 433. The van der Waals surface area contributed by atoms with Crippen molar-refractivity contribution in [3.63, 3.8) is 0 Å². The maximum absolute atomic E-state index is 10.6. The van der Waals surface area contributed by atoms with Gasteiger partial charge in [-0.15, -0.1) is 0 Å². The van der Waals surface area contributed by atoms with Crippen LogP contribution in [0.15, 0.2) is 18.2 Å². The van der Waals surface area contributed by atoms with Crippen LogP contribution in [0.1, 0.15) is 12.5 Å². The van der Waals surface area contributed by atoms with Crippen molar-refractivity contribution < 1.29 is 19.4 Å². The van der Waals surface area contributed by atoms with E-state index in [-0.39, 0.29) is 12.7 Å². The van der Waals surface area contributed by atoms with Gasteiger partial charge in [-0.05, 0) is 30.7 Å². The van der Waals surface area contributed by atoms with Crippen LogP contribution in [-0.4, -0.2) is 29.9 Å². The fourth-order valence-electron chi connectivity index (χ4n) is 1.70. The van der Waals surface area contributed by atoms with Crippen molar-refractivity contribution in [2.75, 3.05) is 6.61 Å². The zero-order valence-corrected chi connectivity index (χ0v) is 10.1. The fourth-order valence-corrected chi connectivity index (χ4v) is 1.90. The van der Waals surface area contributed by atoms with Gasteiger partial charge >= 0.3 is 5.97 Å². The summed E-state index contributed by atoms with van der Waals surface area (Å²) in [5, 5.41) is 9.36. The highest BCUT2D eigenvalue weighted by Crippen LogP contribution is 2.31. The molecule has 4 nitrogen and oxygen atoms in total. The van der Waals surface area contributed by atoms with Crippen LogP contribution in [0.5, 0.6) is 5.75 Å². The number of hydrogen-bond donors (Lipinski definition) is 1. The molecule has 1 aliphatic rings. The Balaban J connectivity index is 1.90. The van der Waals surface area contributed by atoms with E-state index in [0.29, 0.717) is 11.4 Å². The zero-order valence-electron chi connectivity index (χ0n) is 9.35. The number of aliphatic carboxylic acids is 1. The standard InChI is InChI=1S/C12H13ClO4/c1-7(12(14)15)16-6-10-5-8-4-9(13)2-3-11(8)17-10/h2-4,7,10H,5-6H2,1H3,(H,14,15)/t7-,10?/m1/s1. The molecule has 1 aromatic rings. The van der Waals surface area contributed by atoms with Crippen LogP contribution in [0.4, 0.5) is 0 Å². The van der Waals surface area contributed by atoms with Crippen molar-refractivity contribution in [2.45, 2.75) is 25.6 Å². The molecule has 2 atom stereocenters. The molecule has 0 saturated heterocycles. The summed E-state index contributed by atoms with van der Waals surface area (Å²) in [6, 6.07) is 5.44. The van der Waals surface area contributed by atoms with Crippen LogP contribution >= 0.6 is 11.6 Å². The third kappa shape index (κ3) is 2.90. The van der Waals surface area contributed by atoms with Crippen molar-refractivity contribution >= 4 is 17.6 Å². The van der Waals surface area contributed by atoms with Gasteiger partial charge in [0.1, 0.15) is 11.9 Å². The quantitative estimate of drug-likeness (QED) is 0.897. The second-order valence-electron chi connectivity index (χ2n) is 4.01. The Hall–Kier alpha value is -1.26. The lowest BCUT2D eigenvalue weighted by atomic mass is 10.1. The number of carbonyl (C=O) groups is 1. The molecule has 0 fully saturated rings. The molecule has 0 amide bonds. The molecule has 1 aliphatic heterocycles. The highest BCUT2D eigenvalue weighted by molar-refractivity contribution is 6.30. The Kier molecular flexibility index (Phi) is 3.54. The first-order chi connectivity index (χ1) is 8.06. The molecule has 1 unspecified atom stereocenters. The van der Waals surface area contributed by atoms with E-state index in [1.54, 1.807) is 6.07 Å². The molecule has 0 spiro atoms. The summed E-state index contributed by atoms with van der Waals surface area (Å²) >= 11 is 5.88. The number of benzene rings is 1.